The van der Waals surface area contributed by atoms with Gasteiger partial charge in [0, 0.05) is 0 Å². The summed E-state index contributed by atoms with van der Waals surface area (Å²) in [5, 5.41) is 4.71. The minimum absolute atomic E-state index is 0. The van der Waals surface area contributed by atoms with Crippen molar-refractivity contribution in [1.82, 2.24) is 0 Å². The van der Waals surface area contributed by atoms with Gasteiger partial charge in [0.05, 0.1) is 0 Å². The van der Waals surface area contributed by atoms with Crippen LogP contribution >= 0.6 is 0 Å². The average molecular weight is 672 g/mol. The second kappa shape index (κ2) is 16.3. The molecule has 0 N–H and O–H groups in total. The monoisotopic (exact) mass is 670 g/mol. The number of hydrogen-bond donors (Lipinski definition) is 0. The summed E-state index contributed by atoms with van der Waals surface area (Å²) in [7, 11) is -2.51. The van der Waals surface area contributed by atoms with Crippen molar-refractivity contribution in [2.24, 2.45) is 17.8 Å². The maximum absolute atomic E-state index is 2.65. The van der Waals surface area contributed by atoms with E-state index in [0.717, 1.165) is 0 Å². The second-order valence-corrected chi connectivity index (χ2v) is 16.7. The van der Waals surface area contributed by atoms with E-state index in [1.807, 2.05) is 0 Å². The zero-order valence-electron chi connectivity index (χ0n) is 26.0. The van der Waals surface area contributed by atoms with Gasteiger partial charge < -0.3 is 43.6 Å². The molecular weight excluding hydrogens is 627 g/mol. The molecule has 2 aliphatic rings. The summed E-state index contributed by atoms with van der Waals surface area (Å²) in [5.74, 6) is 3.07. The van der Waals surface area contributed by atoms with Crippen LogP contribution in [0, 0.1) is 24.2 Å². The van der Waals surface area contributed by atoms with Crippen molar-refractivity contribution in [2.75, 3.05) is 0 Å². The van der Waals surface area contributed by atoms with Crippen LogP contribution in [0.1, 0.15) is 82.9 Å². The van der Waals surface area contributed by atoms with Crippen LogP contribution in [0.5, 0.6) is 0 Å². The maximum atomic E-state index is 2.65. The van der Waals surface area contributed by atoms with Gasteiger partial charge in [0.2, 0.25) is 0 Å². The van der Waals surface area contributed by atoms with Crippen LogP contribution in [0.3, 0.4) is 0 Å². The van der Waals surface area contributed by atoms with E-state index in [1.54, 1.807) is 15.6 Å². The van der Waals surface area contributed by atoms with Gasteiger partial charge in [-0.3, -0.25) is 0 Å². The Kier molecular flexibility index (Phi) is 15.1. The Morgan fingerprint density at radius 2 is 0.976 bits per heavy atom. The second-order valence-electron chi connectivity index (χ2n) is 12.7. The molecule has 4 atom stereocenters. The molecule has 2 aliphatic carbocycles. The van der Waals surface area contributed by atoms with Crippen molar-refractivity contribution in [2.45, 2.75) is 71.8 Å². The Hall–Kier alpha value is -1.06. The van der Waals surface area contributed by atoms with Crippen LogP contribution in [0.25, 0.3) is 0 Å². The quantitative estimate of drug-likeness (QED) is 0.174. The molecule has 0 amide bonds. The maximum Gasteiger partial charge on any atom is 4.00 e. The molecule has 0 bridgehead atoms. The SMILES string of the molecule is CC(C)c1cccc([Si](c2cccc(C(C)C)c2)(c2cccc(C(C)C)c2)C2C(C)[CH-]C3C=CC=CC32)c1.[Cl-].[Cl-].[Cl-].[Ti+4]. The molecule has 42 heavy (non-hydrogen) atoms. The molecule has 5 rings (SSSR count). The van der Waals surface area contributed by atoms with Gasteiger partial charge in [0.1, 0.15) is 8.07 Å². The van der Waals surface area contributed by atoms with Crippen molar-refractivity contribution < 1.29 is 58.9 Å². The summed E-state index contributed by atoms with van der Waals surface area (Å²) in [6, 6.07) is 29.2. The predicted octanol–water partition coefficient (Wildman–Crippen LogP) is -0.881. The molecule has 0 nitrogen and oxygen atoms in total. The fourth-order valence-corrected chi connectivity index (χ4v) is 13.4. The first-order valence-electron chi connectivity index (χ1n) is 14.7. The predicted molar refractivity (Wildman–Crippen MR) is 169 cm³/mol. The number of hydrogen-bond acceptors (Lipinski definition) is 0. The van der Waals surface area contributed by atoms with E-state index in [-0.39, 0.29) is 58.9 Å². The van der Waals surface area contributed by atoms with Crippen LogP contribution in [0.2, 0.25) is 5.54 Å². The van der Waals surface area contributed by atoms with Crippen LogP contribution in [-0.4, -0.2) is 8.07 Å². The van der Waals surface area contributed by atoms with Gasteiger partial charge in [-0.2, -0.15) is 5.92 Å². The van der Waals surface area contributed by atoms with Crippen LogP contribution in [0.4, 0.5) is 0 Å². The first kappa shape index (κ1) is 39.0. The summed E-state index contributed by atoms with van der Waals surface area (Å²) >= 11 is 0. The summed E-state index contributed by atoms with van der Waals surface area (Å²) in [5.41, 5.74) is 4.89. The number of fused-ring (bicyclic) bond motifs is 1. The summed E-state index contributed by atoms with van der Waals surface area (Å²) < 4.78 is 0. The first-order valence-corrected chi connectivity index (χ1v) is 16.8. The van der Waals surface area contributed by atoms with Crippen LogP contribution in [0.15, 0.2) is 97.1 Å². The van der Waals surface area contributed by atoms with Crippen LogP contribution < -0.4 is 52.8 Å². The molecule has 0 aliphatic heterocycles. The smallest absolute Gasteiger partial charge is 1.00 e. The van der Waals surface area contributed by atoms with E-state index >= 15 is 0 Å². The molecule has 1 saturated carbocycles. The molecule has 3 aromatic carbocycles. The molecule has 3 aromatic rings. The Balaban J connectivity index is 0.00000220. The van der Waals surface area contributed by atoms with Gasteiger partial charge in [-0.25, -0.2) is 0 Å². The van der Waals surface area contributed by atoms with E-state index in [4.69, 9.17) is 0 Å². The summed E-state index contributed by atoms with van der Waals surface area (Å²) in [6.45, 7) is 16.5. The van der Waals surface area contributed by atoms with Crippen molar-refractivity contribution in [3.63, 3.8) is 0 Å². The molecule has 1 fully saturated rings. The number of allylic oxidation sites excluding steroid dienone is 4. The molecule has 0 spiro atoms. The normalized spacial score (nSPS) is 20.8. The molecule has 0 aromatic heterocycles. The van der Waals surface area contributed by atoms with Gasteiger partial charge >= 0.3 is 21.7 Å². The van der Waals surface area contributed by atoms with Crippen molar-refractivity contribution >= 4 is 23.6 Å². The van der Waals surface area contributed by atoms with E-state index in [1.165, 1.54) is 16.7 Å². The fourth-order valence-electron chi connectivity index (χ4n) is 7.20. The summed E-state index contributed by atoms with van der Waals surface area (Å²) in [6.07, 6.45) is 12.2. The molecule has 0 heterocycles. The topological polar surface area (TPSA) is 0 Å². The Morgan fingerprint density at radius 1 is 0.595 bits per heavy atom. The molecule has 0 radical (unpaired) electrons. The van der Waals surface area contributed by atoms with Gasteiger partial charge in [-0.15, -0.1) is 12.0 Å². The number of benzene rings is 3. The van der Waals surface area contributed by atoms with Gasteiger partial charge in [0.15, 0.2) is 0 Å². The van der Waals surface area contributed by atoms with Crippen molar-refractivity contribution in [3.05, 3.63) is 120 Å². The standard InChI is InChI=1S/C37H45Si.3ClH.Ti/c1-25(2)29-14-10-17-33(22-29)38(34-18-11-15-30(23-34)26(3)4,35-19-12-16-31(24-35)27(5)6)37-28(7)21-32-13-8-9-20-36(32)37;;;;/h8-28,32,36-37H,1-7H3;3*1H;/q-1;;;;+4/p-3. The Labute approximate surface area is 290 Å². The largest absolute Gasteiger partial charge is 4.00 e. The van der Waals surface area contributed by atoms with E-state index in [0.29, 0.717) is 41.0 Å². The third-order valence-electron chi connectivity index (χ3n) is 9.26. The number of rotatable bonds is 7. The van der Waals surface area contributed by atoms with Crippen molar-refractivity contribution in [3.8, 4) is 0 Å². The first-order chi connectivity index (χ1) is 18.2. The summed E-state index contributed by atoms with van der Waals surface area (Å²) in [4.78, 5) is 0. The average Bonchev–Trinajstić information content (AvgIpc) is 3.26. The van der Waals surface area contributed by atoms with E-state index in [9.17, 15) is 0 Å². The van der Waals surface area contributed by atoms with Gasteiger partial charge in [-0.1, -0.05) is 145 Å². The minimum atomic E-state index is -2.51. The Morgan fingerprint density at radius 3 is 1.36 bits per heavy atom. The third kappa shape index (κ3) is 7.25. The van der Waals surface area contributed by atoms with Crippen LogP contribution in [-0.2, 0) is 21.7 Å². The van der Waals surface area contributed by atoms with Crippen molar-refractivity contribution in [1.29, 1.82) is 0 Å². The molecule has 5 heteroatoms. The molecule has 0 saturated heterocycles. The van der Waals surface area contributed by atoms with E-state index in [2.05, 4.69) is 152 Å². The molecule has 4 unspecified atom stereocenters. The van der Waals surface area contributed by atoms with Gasteiger partial charge in [0.25, 0.3) is 0 Å². The zero-order valence-corrected chi connectivity index (χ0v) is 30.8. The minimum Gasteiger partial charge on any atom is -1.00 e. The molecular formula is C37H45Cl3SiTi. The molecule has 222 valence electrons. The third-order valence-corrected chi connectivity index (χ3v) is 14.8. The van der Waals surface area contributed by atoms with E-state index < -0.39 is 8.07 Å². The number of halogens is 3. The fraction of sp³-hybridized carbons (Fsp3) is 0.378. The van der Waals surface area contributed by atoms with Gasteiger partial charge in [-0.05, 0) is 55.9 Å². The Bertz CT molecular complexity index is 1220. The zero-order chi connectivity index (χ0) is 27.0.